The summed E-state index contributed by atoms with van der Waals surface area (Å²) in [5, 5.41) is 0. The van der Waals surface area contributed by atoms with Crippen LogP contribution < -0.4 is 0 Å². The fourth-order valence-electron chi connectivity index (χ4n) is 3.22. The first-order chi connectivity index (χ1) is 10.6. The zero-order valence-corrected chi connectivity index (χ0v) is 18.4. The molecule has 3 N–H and O–H groups in total. The van der Waals surface area contributed by atoms with E-state index in [4.69, 9.17) is 14.7 Å². The Hall–Kier alpha value is 1.31. The number of halogens is 1. The average molecular weight is 476 g/mol. The molecule has 3 aliphatic carbocycles. The average Bonchev–Trinajstić information content (AvgIpc) is 2.59. The van der Waals surface area contributed by atoms with Crippen molar-refractivity contribution in [1.82, 2.24) is 0 Å². The van der Waals surface area contributed by atoms with Crippen molar-refractivity contribution in [3.8, 4) is 0 Å². The van der Waals surface area contributed by atoms with Crippen LogP contribution in [0.4, 0.5) is 0 Å². The third kappa shape index (κ3) is 15.6. The van der Waals surface area contributed by atoms with Crippen molar-refractivity contribution >= 4 is 24.9 Å². The van der Waals surface area contributed by atoms with Crippen molar-refractivity contribution in [3.63, 3.8) is 0 Å². The van der Waals surface area contributed by atoms with Gasteiger partial charge in [0.2, 0.25) is 0 Å². The van der Waals surface area contributed by atoms with Crippen LogP contribution in [-0.2, 0) is 17.1 Å². The van der Waals surface area contributed by atoms with E-state index in [1.807, 2.05) is 0 Å². The summed E-state index contributed by atoms with van der Waals surface area (Å²) in [7, 11) is -3.49. The van der Waals surface area contributed by atoms with E-state index in [1.165, 1.54) is 64.2 Å². The molecule has 24 heavy (non-hydrogen) atoms. The van der Waals surface area contributed by atoms with Gasteiger partial charge in [-0.25, -0.2) is 0 Å². The van der Waals surface area contributed by atoms with E-state index in [1.54, 1.807) is 0 Å². The van der Waals surface area contributed by atoms with Crippen LogP contribution in [0.5, 0.6) is 0 Å². The summed E-state index contributed by atoms with van der Waals surface area (Å²) in [6, 6.07) is 0. The molecule has 0 bridgehead atoms. The molecule has 0 aromatic rings. The van der Waals surface area contributed by atoms with E-state index in [0.717, 1.165) is 32.1 Å². The Morgan fingerprint density at radius 3 is 1.08 bits per heavy atom. The van der Waals surface area contributed by atoms with E-state index in [9.17, 15) is 0 Å². The van der Waals surface area contributed by atoms with Gasteiger partial charge in [0, 0.05) is 0 Å². The molecule has 149 valence electrons. The molecule has 3 saturated carbocycles. The smallest absolute Gasteiger partial charge is 0.328 e. The Morgan fingerprint density at radius 1 is 0.583 bits per heavy atom. The zero-order valence-electron chi connectivity index (χ0n) is 14.8. The third-order valence-electron chi connectivity index (χ3n) is 4.70. The van der Waals surface area contributed by atoms with E-state index in [-0.39, 0.29) is 39.7 Å². The molecule has 3 rings (SSSR count). The molecule has 6 heteroatoms. The first-order valence-corrected chi connectivity index (χ1v) is 11.0. The molecule has 0 saturated heterocycles. The number of hydrogen-bond donors (Lipinski definition) is 3. The second-order valence-corrected chi connectivity index (χ2v) is 8.72. The monoisotopic (exact) mass is 474 g/mol. The maximum atomic E-state index is 8.86. The van der Waals surface area contributed by atoms with Crippen molar-refractivity contribution < 1.29 is 31.7 Å². The van der Waals surface area contributed by atoms with Crippen LogP contribution in [0.1, 0.15) is 96.3 Å². The van der Waals surface area contributed by atoms with Crippen LogP contribution in [0.3, 0.4) is 0 Å². The van der Waals surface area contributed by atoms with Gasteiger partial charge in [-0.3, -0.25) is 0 Å². The largest absolute Gasteiger partial charge is 2.00 e. The van der Waals surface area contributed by atoms with Crippen LogP contribution >= 0.6 is 24.9 Å². The SMILES string of the molecule is Br.O[P+](O)(O)C1CCCCC1.[CH-]1CCCCC1.[CH-]1CCCCC1.[Cu+2]. The molecular formula is C18H37BrCuO3P+. The standard InChI is InChI=1S/C6H14O3P.2C6H11.BrH.Cu/c7-10(8,9)6-4-2-1-3-5-6;2*1-2-4-6-5-3-1;;/h6-9H,1-5H2;2*1H,2-6H2;1H;/q+1;2*-1;;+2. The maximum Gasteiger partial charge on any atom is 2.00 e. The van der Waals surface area contributed by atoms with Gasteiger partial charge in [-0.15, -0.1) is 17.0 Å². The Labute approximate surface area is 171 Å². The maximum absolute atomic E-state index is 8.86. The van der Waals surface area contributed by atoms with Crippen LogP contribution in [0.25, 0.3) is 0 Å². The quantitative estimate of drug-likeness (QED) is 0.250. The Bertz CT molecular complexity index is 216. The molecule has 0 aromatic carbocycles. The summed E-state index contributed by atoms with van der Waals surface area (Å²) >= 11 is 0. The van der Waals surface area contributed by atoms with Crippen LogP contribution in [-0.4, -0.2) is 20.3 Å². The molecule has 1 radical (unpaired) electrons. The van der Waals surface area contributed by atoms with Gasteiger partial charge >= 0.3 is 25.0 Å². The second kappa shape index (κ2) is 17.7. The first-order valence-electron chi connectivity index (χ1n) is 9.31. The van der Waals surface area contributed by atoms with Gasteiger partial charge in [0.15, 0.2) is 5.66 Å². The van der Waals surface area contributed by atoms with Crippen molar-refractivity contribution in [2.45, 2.75) is 102 Å². The number of hydrogen-bond acceptors (Lipinski definition) is 3. The molecule has 0 aromatic heterocycles. The van der Waals surface area contributed by atoms with Crippen molar-refractivity contribution in [3.05, 3.63) is 12.8 Å². The van der Waals surface area contributed by atoms with Gasteiger partial charge in [0.05, 0.1) is 0 Å². The molecule has 0 spiro atoms. The molecule has 3 nitrogen and oxygen atoms in total. The topological polar surface area (TPSA) is 60.7 Å². The van der Waals surface area contributed by atoms with Gasteiger partial charge < -0.3 is 12.8 Å². The van der Waals surface area contributed by atoms with E-state index >= 15 is 0 Å². The normalized spacial score (nSPS) is 21.6. The van der Waals surface area contributed by atoms with Crippen molar-refractivity contribution in [2.75, 3.05) is 0 Å². The summed E-state index contributed by atoms with van der Waals surface area (Å²) in [6.45, 7) is 0. The Balaban J connectivity index is 0. The molecule has 0 atom stereocenters. The van der Waals surface area contributed by atoms with Crippen molar-refractivity contribution in [2.24, 2.45) is 0 Å². The minimum absolute atomic E-state index is 0. The van der Waals surface area contributed by atoms with Gasteiger partial charge in [0.1, 0.15) is 0 Å². The third-order valence-corrected chi connectivity index (χ3v) is 6.19. The predicted molar refractivity (Wildman–Crippen MR) is 106 cm³/mol. The number of rotatable bonds is 1. The van der Waals surface area contributed by atoms with Crippen LogP contribution in [0.15, 0.2) is 0 Å². The van der Waals surface area contributed by atoms with Gasteiger partial charge in [-0.1, -0.05) is 44.9 Å². The second-order valence-electron chi connectivity index (χ2n) is 6.76. The zero-order chi connectivity index (χ0) is 16.1. The summed E-state index contributed by atoms with van der Waals surface area (Å²) < 4.78 is 0. The minimum Gasteiger partial charge on any atom is -0.328 e. The summed E-state index contributed by atoms with van der Waals surface area (Å²) in [6.07, 6.45) is 23.8. The van der Waals surface area contributed by atoms with Crippen LogP contribution in [0.2, 0.25) is 0 Å². The molecule has 3 fully saturated rings. The fraction of sp³-hybridized carbons (Fsp3) is 0.889. The molecule has 0 unspecified atom stereocenters. The molecule has 0 amide bonds. The molecule has 0 aliphatic heterocycles. The van der Waals surface area contributed by atoms with Crippen molar-refractivity contribution in [1.29, 1.82) is 0 Å². The summed E-state index contributed by atoms with van der Waals surface area (Å²) in [5.41, 5.74) is -0.221. The molecular weight excluding hydrogens is 439 g/mol. The summed E-state index contributed by atoms with van der Waals surface area (Å²) in [4.78, 5) is 26.6. The van der Waals surface area contributed by atoms with E-state index in [0.29, 0.717) is 0 Å². The van der Waals surface area contributed by atoms with E-state index in [2.05, 4.69) is 12.8 Å². The Kier molecular flexibility index (Phi) is 20.3. The minimum atomic E-state index is -3.49. The first kappa shape index (κ1) is 27.5. The Morgan fingerprint density at radius 2 is 0.917 bits per heavy atom. The van der Waals surface area contributed by atoms with Crippen LogP contribution in [0, 0.1) is 12.8 Å². The molecule has 3 aliphatic rings. The van der Waals surface area contributed by atoms with Gasteiger partial charge in [0.25, 0.3) is 0 Å². The van der Waals surface area contributed by atoms with Gasteiger partial charge in [-0.05, 0) is 25.7 Å². The molecule has 0 heterocycles. The summed E-state index contributed by atoms with van der Waals surface area (Å²) in [5.74, 6) is 0. The fourth-order valence-corrected chi connectivity index (χ4v) is 4.28. The van der Waals surface area contributed by atoms with Gasteiger partial charge in [-0.2, -0.15) is 40.4 Å². The van der Waals surface area contributed by atoms with E-state index < -0.39 is 7.94 Å². The predicted octanol–water partition coefficient (Wildman–Crippen LogP) is 5.94.